The maximum Gasteiger partial charge on any atom is 0.362 e. The normalized spacial score (nSPS) is 13.0. The number of carboxylic acids is 1. The van der Waals surface area contributed by atoms with Crippen molar-refractivity contribution in [2.24, 2.45) is 5.16 Å². The van der Waals surface area contributed by atoms with Crippen LogP contribution in [0.15, 0.2) is 10.7 Å². The fourth-order valence-electron chi connectivity index (χ4n) is 1.05. The Morgan fingerprint density at radius 1 is 1.50 bits per heavy atom. The molecule has 0 spiro atoms. The number of carboxylic acid groups (broad SMARTS) is 1. The van der Waals surface area contributed by atoms with Crippen LogP contribution in [0.4, 0.5) is 0 Å². The smallest absolute Gasteiger partial charge is 0.362 e. The monoisotopic (exact) mass is 303 g/mol. The average molecular weight is 303 g/mol. The van der Waals surface area contributed by atoms with Gasteiger partial charge in [-0.15, -0.1) is 5.14 Å². The number of ether oxygens (including phenoxy) is 1. The zero-order valence-electron chi connectivity index (χ0n) is 11.2. The third-order valence-corrected chi connectivity index (χ3v) is 2.35. The maximum atomic E-state index is 11.3. The van der Waals surface area contributed by atoms with Crippen molar-refractivity contribution in [2.45, 2.75) is 26.4 Å². The molecule has 1 atom stereocenters. The summed E-state index contributed by atoms with van der Waals surface area (Å²) in [6.45, 7) is 4.57. The summed E-state index contributed by atoms with van der Waals surface area (Å²) in [4.78, 5) is 30.7. The number of aliphatic carboxylic acids is 1. The SMILES string of the molecule is CC(C)(C)OC(=O)CON=C(C(=O)O)c1nc[s+](N)n1. The Morgan fingerprint density at radius 2 is 2.15 bits per heavy atom. The zero-order chi connectivity index (χ0) is 15.3. The van der Waals surface area contributed by atoms with Crippen molar-refractivity contribution >= 4 is 28.5 Å². The van der Waals surface area contributed by atoms with Crippen LogP contribution in [0, 0.1) is 0 Å². The van der Waals surface area contributed by atoms with Gasteiger partial charge in [0, 0.05) is 4.37 Å². The molecule has 1 aromatic heterocycles. The van der Waals surface area contributed by atoms with E-state index in [4.69, 9.17) is 15.0 Å². The van der Waals surface area contributed by atoms with Gasteiger partial charge in [-0.05, 0) is 20.8 Å². The van der Waals surface area contributed by atoms with Crippen molar-refractivity contribution in [2.75, 3.05) is 11.7 Å². The molecule has 0 aromatic carbocycles. The molecule has 0 aliphatic rings. The number of carbonyl (C=O) groups excluding carboxylic acids is 1. The highest BCUT2D eigenvalue weighted by atomic mass is 32.2. The molecule has 3 N–H and O–H groups in total. The van der Waals surface area contributed by atoms with Gasteiger partial charge in [0.05, 0.1) is 0 Å². The van der Waals surface area contributed by atoms with Gasteiger partial charge in [-0.3, -0.25) is 0 Å². The van der Waals surface area contributed by atoms with E-state index >= 15 is 0 Å². The minimum Gasteiger partial charge on any atom is -0.476 e. The van der Waals surface area contributed by atoms with Crippen molar-refractivity contribution in [3.63, 3.8) is 0 Å². The molecule has 1 aromatic rings. The molecule has 0 aliphatic heterocycles. The lowest BCUT2D eigenvalue weighted by atomic mass is 10.2. The summed E-state index contributed by atoms with van der Waals surface area (Å²) in [7, 11) is -0.963. The third kappa shape index (κ3) is 5.28. The summed E-state index contributed by atoms with van der Waals surface area (Å²) in [5, 5.41) is 17.7. The summed E-state index contributed by atoms with van der Waals surface area (Å²) in [5.74, 6) is -2.20. The van der Waals surface area contributed by atoms with Gasteiger partial charge in [0.25, 0.3) is 11.3 Å². The van der Waals surface area contributed by atoms with Gasteiger partial charge in [-0.2, -0.15) is 4.98 Å². The van der Waals surface area contributed by atoms with Gasteiger partial charge in [0.1, 0.15) is 5.60 Å². The highest BCUT2D eigenvalue weighted by molar-refractivity contribution is 7.24. The van der Waals surface area contributed by atoms with Crippen LogP contribution in [0.5, 0.6) is 0 Å². The Morgan fingerprint density at radius 3 is 2.60 bits per heavy atom. The van der Waals surface area contributed by atoms with Gasteiger partial charge >= 0.3 is 11.9 Å². The van der Waals surface area contributed by atoms with Gasteiger partial charge in [0.2, 0.25) is 23.2 Å². The number of aromatic nitrogens is 2. The van der Waals surface area contributed by atoms with E-state index in [1.54, 1.807) is 20.8 Å². The van der Waals surface area contributed by atoms with Crippen LogP contribution in [0.3, 0.4) is 0 Å². The molecule has 10 heteroatoms. The van der Waals surface area contributed by atoms with Crippen molar-refractivity contribution < 1.29 is 24.3 Å². The molecule has 0 saturated carbocycles. The molecule has 1 heterocycles. The molecule has 0 saturated heterocycles. The standard InChI is InChI=1S/C10H14N4O5S/c1-10(2,3)19-6(15)4-18-13-7(9(16)17)8-12-5-20(11)14-8/h5,11H,4H2,1-3H3,(H,16,17)/p+1. The molecule has 0 bridgehead atoms. The predicted molar refractivity (Wildman–Crippen MR) is 70.6 cm³/mol. The van der Waals surface area contributed by atoms with Gasteiger partial charge < -0.3 is 14.7 Å². The Kier molecular flexibility index (Phi) is 5.11. The van der Waals surface area contributed by atoms with Gasteiger partial charge in [0.15, 0.2) is 0 Å². The topological polar surface area (TPSA) is 137 Å². The Balaban J connectivity index is 2.66. The molecule has 0 aliphatic carbocycles. The first kappa shape index (κ1) is 16.0. The summed E-state index contributed by atoms with van der Waals surface area (Å²) < 4.78 is 8.72. The average Bonchev–Trinajstić information content (AvgIpc) is 2.68. The molecule has 110 valence electrons. The largest absolute Gasteiger partial charge is 0.476 e. The van der Waals surface area contributed by atoms with Gasteiger partial charge in [-0.25, -0.2) is 9.59 Å². The van der Waals surface area contributed by atoms with Crippen LogP contribution < -0.4 is 5.14 Å². The second kappa shape index (κ2) is 6.39. The van der Waals surface area contributed by atoms with E-state index in [2.05, 4.69) is 19.4 Å². The number of rotatable bonds is 5. The molecule has 1 rings (SSSR count). The first-order valence-corrected chi connectivity index (χ1v) is 6.76. The van der Waals surface area contributed by atoms with Crippen LogP contribution in [0.2, 0.25) is 0 Å². The number of hydrogen-bond donors (Lipinski definition) is 2. The Bertz CT molecular complexity index is 534. The van der Waals surface area contributed by atoms with Crippen LogP contribution in [0.1, 0.15) is 26.6 Å². The van der Waals surface area contributed by atoms with E-state index in [-0.39, 0.29) is 5.82 Å². The lowest BCUT2D eigenvalue weighted by molar-refractivity contribution is -0.160. The molecule has 0 amide bonds. The highest BCUT2D eigenvalue weighted by Gasteiger charge is 2.23. The summed E-state index contributed by atoms with van der Waals surface area (Å²) in [6, 6.07) is 0. The summed E-state index contributed by atoms with van der Waals surface area (Å²) in [6.07, 6.45) is 0. The number of esters is 1. The maximum absolute atomic E-state index is 11.3. The first-order valence-electron chi connectivity index (χ1n) is 5.45. The molecule has 0 radical (unpaired) electrons. The second-order valence-electron chi connectivity index (χ2n) is 4.60. The van der Waals surface area contributed by atoms with Crippen LogP contribution in [-0.4, -0.2) is 44.3 Å². The molecular weight excluding hydrogens is 288 g/mol. The number of nitrogens with zero attached hydrogens (tertiary/aromatic N) is 3. The van der Waals surface area contributed by atoms with E-state index < -0.39 is 40.7 Å². The third-order valence-electron chi connectivity index (χ3n) is 1.65. The fourth-order valence-corrected chi connectivity index (χ4v) is 1.64. The lowest BCUT2D eigenvalue weighted by Gasteiger charge is -2.18. The van der Waals surface area contributed by atoms with E-state index in [0.29, 0.717) is 0 Å². The van der Waals surface area contributed by atoms with E-state index in [1.807, 2.05) is 0 Å². The van der Waals surface area contributed by atoms with Crippen LogP contribution in [-0.2, 0) is 19.2 Å². The first-order chi connectivity index (χ1) is 9.19. The second-order valence-corrected chi connectivity index (χ2v) is 5.69. The van der Waals surface area contributed by atoms with E-state index in [0.717, 1.165) is 0 Å². The highest BCUT2D eigenvalue weighted by Crippen LogP contribution is 2.07. The zero-order valence-corrected chi connectivity index (χ0v) is 12.0. The van der Waals surface area contributed by atoms with Crippen molar-refractivity contribution in [1.82, 2.24) is 9.36 Å². The van der Waals surface area contributed by atoms with Crippen molar-refractivity contribution in [3.8, 4) is 0 Å². The minimum atomic E-state index is -1.39. The number of nitrogen functional groups attached to an aromatic ring is 1. The fraction of sp³-hybridized carbons (Fsp3) is 0.500. The van der Waals surface area contributed by atoms with Crippen LogP contribution >= 0.6 is 10.9 Å². The molecule has 9 nitrogen and oxygen atoms in total. The Hall–Kier alpha value is -2.07. The summed E-state index contributed by atoms with van der Waals surface area (Å²) >= 11 is 0. The summed E-state index contributed by atoms with van der Waals surface area (Å²) in [5.41, 5.74) is 0.111. The molecule has 0 fully saturated rings. The van der Waals surface area contributed by atoms with E-state index in [9.17, 15) is 9.59 Å². The molecular formula is C10H15N4O5S+. The lowest BCUT2D eigenvalue weighted by Crippen LogP contribution is -2.26. The van der Waals surface area contributed by atoms with E-state index in [1.165, 1.54) is 5.51 Å². The number of carbonyl (C=O) groups is 2. The quantitative estimate of drug-likeness (QED) is 0.338. The molecule has 20 heavy (non-hydrogen) atoms. The number of nitrogens with two attached hydrogens (primary N) is 1. The number of hydrogen-bond acceptors (Lipinski definition) is 8. The Labute approximate surface area is 117 Å². The van der Waals surface area contributed by atoms with Crippen molar-refractivity contribution in [3.05, 3.63) is 11.3 Å². The molecule has 1 unspecified atom stereocenters. The van der Waals surface area contributed by atoms with Crippen molar-refractivity contribution in [1.29, 1.82) is 0 Å². The van der Waals surface area contributed by atoms with Crippen LogP contribution in [0.25, 0.3) is 0 Å². The predicted octanol–water partition coefficient (Wildman–Crippen LogP) is 0.0865. The van der Waals surface area contributed by atoms with Gasteiger partial charge in [-0.1, -0.05) is 5.16 Å². The number of oxime groups is 1. The minimum absolute atomic E-state index is 0.146.